The van der Waals surface area contributed by atoms with Crippen LogP contribution in [0.15, 0.2) is 0 Å². The molecular formula is C34H58N2O25. The second-order valence-electron chi connectivity index (χ2n) is 15.5. The molecule has 0 spiro atoms. The maximum atomic E-state index is 12.5. The van der Waals surface area contributed by atoms with Gasteiger partial charge in [-0.25, -0.2) is 0 Å². The number of nitrogens with one attached hydrogen (secondary N) is 2. The molecule has 5 aliphatic rings. The van der Waals surface area contributed by atoms with Crippen molar-refractivity contribution in [3.05, 3.63) is 0 Å². The number of ether oxygens (including phenoxy) is 9. The summed E-state index contributed by atoms with van der Waals surface area (Å²) in [7, 11) is 0. The van der Waals surface area contributed by atoms with Crippen LogP contribution in [0.2, 0.25) is 0 Å². The average molecular weight is 895 g/mol. The van der Waals surface area contributed by atoms with Crippen LogP contribution in [0.3, 0.4) is 0 Å². The third-order valence-electron chi connectivity index (χ3n) is 11.0. The van der Waals surface area contributed by atoms with E-state index < -0.39 is 192 Å². The summed E-state index contributed by atoms with van der Waals surface area (Å²) in [6.07, 6.45) is -39.7. The number of hydrogen-bond donors (Lipinski definition) is 16. The summed E-state index contributed by atoms with van der Waals surface area (Å²) in [5.74, 6) is -1.50. The van der Waals surface area contributed by atoms with Gasteiger partial charge in [-0.05, 0) is 6.92 Å². The topological polar surface area (TPSA) is 424 Å². The lowest BCUT2D eigenvalue weighted by atomic mass is 9.94. The molecule has 0 radical (unpaired) electrons. The molecule has 354 valence electrons. The fraction of sp³-hybridized carbons (Fsp3) is 0.941. The van der Waals surface area contributed by atoms with Crippen LogP contribution in [0, 0.1) is 0 Å². The highest BCUT2D eigenvalue weighted by molar-refractivity contribution is 5.73. The van der Waals surface area contributed by atoms with Gasteiger partial charge in [0, 0.05) is 13.8 Å². The summed E-state index contributed by atoms with van der Waals surface area (Å²) in [4.78, 5) is 24.5. The first-order valence-corrected chi connectivity index (χ1v) is 19.4. The van der Waals surface area contributed by atoms with E-state index in [1.807, 2.05) is 0 Å². The Labute approximate surface area is 346 Å². The second-order valence-corrected chi connectivity index (χ2v) is 15.5. The first-order valence-electron chi connectivity index (χ1n) is 19.4. The molecule has 5 aliphatic heterocycles. The zero-order chi connectivity index (χ0) is 45.2. The lowest BCUT2D eigenvalue weighted by molar-refractivity contribution is -0.367. The molecule has 0 saturated carbocycles. The molecule has 0 aliphatic carbocycles. The van der Waals surface area contributed by atoms with E-state index in [4.69, 9.17) is 42.6 Å². The quantitative estimate of drug-likeness (QED) is 0.0770. The molecule has 27 heteroatoms. The molecule has 0 bridgehead atoms. The molecular weight excluding hydrogens is 836 g/mol. The van der Waals surface area contributed by atoms with E-state index in [1.165, 1.54) is 6.92 Å². The van der Waals surface area contributed by atoms with Gasteiger partial charge in [0.05, 0.1) is 32.5 Å². The third-order valence-corrected chi connectivity index (χ3v) is 11.0. The van der Waals surface area contributed by atoms with Crippen LogP contribution in [0.4, 0.5) is 0 Å². The van der Waals surface area contributed by atoms with Crippen LogP contribution in [0.5, 0.6) is 0 Å². The van der Waals surface area contributed by atoms with Crippen LogP contribution in [-0.2, 0) is 52.2 Å². The molecule has 5 fully saturated rings. The molecule has 2 unspecified atom stereocenters. The number of amides is 2. The fourth-order valence-corrected chi connectivity index (χ4v) is 7.58. The maximum absolute atomic E-state index is 12.5. The first kappa shape index (κ1) is 50.0. The zero-order valence-electron chi connectivity index (χ0n) is 33.0. The Balaban J connectivity index is 1.33. The molecule has 61 heavy (non-hydrogen) atoms. The molecule has 2 amide bonds. The van der Waals surface area contributed by atoms with Crippen molar-refractivity contribution in [2.75, 3.05) is 26.4 Å². The smallest absolute Gasteiger partial charge is 0.217 e. The molecule has 16 N–H and O–H groups in total. The predicted molar refractivity (Wildman–Crippen MR) is 188 cm³/mol. The third kappa shape index (κ3) is 11.1. The van der Waals surface area contributed by atoms with Crippen molar-refractivity contribution >= 4 is 11.8 Å². The average Bonchev–Trinajstić information content (AvgIpc) is 3.21. The van der Waals surface area contributed by atoms with Crippen molar-refractivity contribution in [3.8, 4) is 0 Å². The second kappa shape index (κ2) is 21.3. The molecule has 5 heterocycles. The normalized spacial score (nSPS) is 49.6. The van der Waals surface area contributed by atoms with Crippen LogP contribution in [-0.4, -0.2) is 263 Å². The highest BCUT2D eigenvalue weighted by Gasteiger charge is 2.55. The number of hydrogen-bond acceptors (Lipinski definition) is 25. The number of aliphatic hydroxyl groups is 14. The van der Waals surface area contributed by atoms with E-state index in [0.717, 1.165) is 13.8 Å². The Morgan fingerprint density at radius 2 is 0.885 bits per heavy atom. The van der Waals surface area contributed by atoms with Crippen molar-refractivity contribution in [2.24, 2.45) is 0 Å². The molecule has 5 rings (SSSR count). The molecule has 0 aromatic heterocycles. The summed E-state index contributed by atoms with van der Waals surface area (Å²) in [6, 6.07) is -3.23. The van der Waals surface area contributed by atoms with Crippen molar-refractivity contribution in [3.63, 3.8) is 0 Å². The van der Waals surface area contributed by atoms with Gasteiger partial charge in [-0.1, -0.05) is 0 Å². The van der Waals surface area contributed by atoms with Crippen molar-refractivity contribution in [1.29, 1.82) is 0 Å². The van der Waals surface area contributed by atoms with Crippen LogP contribution in [0.25, 0.3) is 0 Å². The molecule has 0 aromatic rings. The highest BCUT2D eigenvalue weighted by atomic mass is 16.8. The number of carbonyl (C=O) groups excluding carboxylic acids is 2. The summed E-state index contributed by atoms with van der Waals surface area (Å²) in [5, 5.41) is 152. The van der Waals surface area contributed by atoms with Crippen molar-refractivity contribution in [2.45, 2.75) is 174 Å². The Morgan fingerprint density at radius 1 is 0.459 bits per heavy atom. The summed E-state index contributed by atoms with van der Waals surface area (Å²) < 4.78 is 50.8. The van der Waals surface area contributed by atoms with Gasteiger partial charge >= 0.3 is 0 Å². The SMILES string of the molecule is CC(=O)N[C@@H]1[C@@H](O)[C@H](O[C@@H]2O[C@H](CO)[C@@H](OC3O[C@H](COC4O[C@H](CO)[C@@H](O)[C@H](O)[C@@H]4O)[C@@H](O)[C@H](O)[C@@H]3O)[C@H](O)[C@H]2NC(C)=O)[C@@H](CO[C@@H]2O[C@@H](C)[C@@H](O)[C@@H](O)[C@@H]2O)O[C@H]1O. The summed E-state index contributed by atoms with van der Waals surface area (Å²) in [5.41, 5.74) is 0. The number of carbonyl (C=O) groups is 2. The zero-order valence-corrected chi connectivity index (χ0v) is 33.0. The van der Waals surface area contributed by atoms with Gasteiger partial charge in [-0.15, -0.1) is 0 Å². The van der Waals surface area contributed by atoms with Gasteiger partial charge in [0.25, 0.3) is 0 Å². The maximum Gasteiger partial charge on any atom is 0.217 e. The largest absolute Gasteiger partial charge is 0.394 e. The monoisotopic (exact) mass is 894 g/mol. The van der Waals surface area contributed by atoms with E-state index in [-0.39, 0.29) is 0 Å². The Morgan fingerprint density at radius 3 is 1.46 bits per heavy atom. The van der Waals surface area contributed by atoms with E-state index in [9.17, 15) is 81.1 Å². The number of rotatable bonds is 14. The van der Waals surface area contributed by atoms with Gasteiger partial charge in [0.2, 0.25) is 11.8 Å². The minimum atomic E-state index is -2.05. The van der Waals surface area contributed by atoms with E-state index in [2.05, 4.69) is 10.6 Å². The van der Waals surface area contributed by atoms with Crippen LogP contribution in [0.1, 0.15) is 20.8 Å². The highest BCUT2D eigenvalue weighted by Crippen LogP contribution is 2.34. The molecule has 5 saturated heterocycles. The minimum Gasteiger partial charge on any atom is -0.394 e. The van der Waals surface area contributed by atoms with E-state index in [0.29, 0.717) is 0 Å². The molecule has 27 nitrogen and oxygen atoms in total. The standard InChI is InChI=1S/C34H58N2O25/c1-8-17(41)22(46)25(49)32(55-8)54-7-14-29(20(44)15(30(52)56-14)35-9(2)39)60-31-16(36-10(3)40)21(45)28(12(5-38)58-31)61-34-27(51)24(48)19(43)13(59-34)6-53-33-26(50)23(47)18(42)11(4-37)57-33/h8,11-34,37-38,41-52H,4-7H2,1-3H3,(H,35,39)(H,36,40)/t8-,11+,12+,13+,14+,15+,16+,17+,18+,19+,20+,21+,22+,23-,24-,25-,26-,27-,28+,29+,30+,31-,32+,33?,34?/m0/s1. The lowest BCUT2D eigenvalue weighted by Gasteiger charge is -2.49. The Bertz CT molecular complexity index is 1420. The minimum absolute atomic E-state index is 0.676. The van der Waals surface area contributed by atoms with Gasteiger partial charge < -0.3 is 125 Å². The van der Waals surface area contributed by atoms with Gasteiger partial charge in [-0.3, -0.25) is 9.59 Å². The van der Waals surface area contributed by atoms with E-state index in [1.54, 1.807) is 0 Å². The fourth-order valence-electron chi connectivity index (χ4n) is 7.58. The molecule has 25 atom stereocenters. The summed E-state index contributed by atoms with van der Waals surface area (Å²) >= 11 is 0. The van der Waals surface area contributed by atoms with Gasteiger partial charge in [-0.2, -0.15) is 0 Å². The summed E-state index contributed by atoms with van der Waals surface area (Å²) in [6.45, 7) is 0.353. The Kier molecular flexibility index (Phi) is 17.5. The van der Waals surface area contributed by atoms with Crippen LogP contribution >= 0.6 is 0 Å². The number of aliphatic hydroxyl groups excluding tert-OH is 14. The molecule has 0 aromatic carbocycles. The van der Waals surface area contributed by atoms with E-state index >= 15 is 0 Å². The first-order chi connectivity index (χ1) is 28.7. The van der Waals surface area contributed by atoms with Gasteiger partial charge in [0.1, 0.15) is 116 Å². The van der Waals surface area contributed by atoms with Crippen molar-refractivity contribution < 1.29 is 124 Å². The van der Waals surface area contributed by atoms with Crippen LogP contribution < -0.4 is 10.6 Å². The lowest BCUT2D eigenvalue weighted by Crippen LogP contribution is -2.70. The Hall–Kier alpha value is -1.98. The predicted octanol–water partition coefficient (Wildman–Crippen LogP) is -10.6. The van der Waals surface area contributed by atoms with Crippen molar-refractivity contribution in [1.82, 2.24) is 10.6 Å². The van der Waals surface area contributed by atoms with Gasteiger partial charge in [0.15, 0.2) is 31.5 Å².